The fourth-order valence-electron chi connectivity index (χ4n) is 3.05. The summed E-state index contributed by atoms with van der Waals surface area (Å²) in [4.78, 5) is 0. The van der Waals surface area contributed by atoms with Crippen LogP contribution < -0.4 is 5.32 Å². The Bertz CT molecular complexity index is 610. The molecule has 0 heterocycles. The number of rotatable bonds is 4. The molecule has 2 aromatic carbocycles. The van der Waals surface area contributed by atoms with E-state index in [0.29, 0.717) is 12.6 Å². The molecular formula is C18H19F2N. The molecule has 3 heteroatoms. The maximum absolute atomic E-state index is 12.7. The van der Waals surface area contributed by atoms with Crippen molar-refractivity contribution in [2.24, 2.45) is 0 Å². The average molecular weight is 287 g/mol. The lowest BCUT2D eigenvalue weighted by molar-refractivity contribution is 0.151. The Kier molecular flexibility index (Phi) is 4.30. The molecule has 1 nitrogen and oxygen atoms in total. The van der Waals surface area contributed by atoms with Gasteiger partial charge in [0.15, 0.2) is 0 Å². The van der Waals surface area contributed by atoms with Crippen LogP contribution in [-0.4, -0.2) is 0 Å². The molecule has 0 amide bonds. The van der Waals surface area contributed by atoms with Gasteiger partial charge in [-0.15, -0.1) is 0 Å². The van der Waals surface area contributed by atoms with Crippen LogP contribution in [-0.2, 0) is 13.0 Å². The minimum atomic E-state index is -2.40. The Morgan fingerprint density at radius 1 is 1.10 bits per heavy atom. The third-order valence-corrected chi connectivity index (χ3v) is 4.13. The van der Waals surface area contributed by atoms with Crippen LogP contribution in [0.3, 0.4) is 0 Å². The Hall–Kier alpha value is -1.74. The molecule has 1 aliphatic rings. The number of hydrogen-bond donors (Lipinski definition) is 1. The molecule has 1 N–H and O–H groups in total. The number of fused-ring (bicyclic) bond motifs is 1. The summed E-state index contributed by atoms with van der Waals surface area (Å²) in [5.41, 5.74) is 3.77. The van der Waals surface area contributed by atoms with Gasteiger partial charge in [-0.1, -0.05) is 42.5 Å². The van der Waals surface area contributed by atoms with Gasteiger partial charge in [0, 0.05) is 18.2 Å². The smallest absolute Gasteiger partial charge is 0.263 e. The molecule has 0 saturated heterocycles. The highest BCUT2D eigenvalue weighted by molar-refractivity contribution is 5.32. The van der Waals surface area contributed by atoms with Crippen LogP contribution >= 0.6 is 0 Å². The summed E-state index contributed by atoms with van der Waals surface area (Å²) in [6.07, 6.45) is 1.01. The topological polar surface area (TPSA) is 12.0 Å². The first-order valence-corrected chi connectivity index (χ1v) is 7.42. The fourth-order valence-corrected chi connectivity index (χ4v) is 3.05. The highest BCUT2D eigenvalue weighted by Crippen LogP contribution is 2.29. The Labute approximate surface area is 124 Å². The van der Waals surface area contributed by atoms with Crippen LogP contribution in [0.4, 0.5) is 8.78 Å². The molecule has 0 bridgehead atoms. The van der Waals surface area contributed by atoms with Crippen LogP contribution in [0, 0.1) is 0 Å². The highest BCUT2D eigenvalue weighted by Gasteiger charge is 2.19. The van der Waals surface area contributed by atoms with E-state index in [2.05, 4.69) is 29.6 Å². The SMILES string of the molecule is FC(F)c1cccc(CNC2CCCc3ccccc32)c1. The summed E-state index contributed by atoms with van der Waals surface area (Å²) in [6.45, 7) is 0.625. The monoisotopic (exact) mass is 287 g/mol. The zero-order valence-electron chi connectivity index (χ0n) is 11.9. The summed E-state index contributed by atoms with van der Waals surface area (Å²) in [5.74, 6) is 0. The van der Waals surface area contributed by atoms with Gasteiger partial charge in [0.2, 0.25) is 0 Å². The first-order chi connectivity index (χ1) is 10.2. The number of benzene rings is 2. The van der Waals surface area contributed by atoms with E-state index in [1.165, 1.54) is 23.6 Å². The molecular weight excluding hydrogens is 268 g/mol. The van der Waals surface area contributed by atoms with Gasteiger partial charge in [-0.05, 0) is 42.0 Å². The van der Waals surface area contributed by atoms with Crippen molar-refractivity contribution in [1.29, 1.82) is 0 Å². The quantitative estimate of drug-likeness (QED) is 0.852. The van der Waals surface area contributed by atoms with E-state index in [-0.39, 0.29) is 5.56 Å². The fraction of sp³-hybridized carbons (Fsp3) is 0.333. The molecule has 0 saturated carbocycles. The minimum absolute atomic E-state index is 0.0957. The third kappa shape index (κ3) is 3.30. The van der Waals surface area contributed by atoms with Crippen molar-refractivity contribution in [3.05, 3.63) is 70.8 Å². The van der Waals surface area contributed by atoms with Crippen molar-refractivity contribution in [2.75, 3.05) is 0 Å². The molecule has 0 aliphatic heterocycles. The van der Waals surface area contributed by atoms with E-state index < -0.39 is 6.43 Å². The number of aryl methyl sites for hydroxylation is 1. The highest BCUT2D eigenvalue weighted by atomic mass is 19.3. The second-order valence-corrected chi connectivity index (χ2v) is 5.57. The van der Waals surface area contributed by atoms with E-state index >= 15 is 0 Å². The summed E-state index contributed by atoms with van der Waals surface area (Å²) >= 11 is 0. The van der Waals surface area contributed by atoms with E-state index in [1.807, 2.05) is 6.07 Å². The number of nitrogens with one attached hydrogen (secondary N) is 1. The molecule has 21 heavy (non-hydrogen) atoms. The second-order valence-electron chi connectivity index (χ2n) is 5.57. The summed E-state index contributed by atoms with van der Waals surface area (Å²) < 4.78 is 25.4. The van der Waals surface area contributed by atoms with E-state index in [9.17, 15) is 8.78 Å². The lowest BCUT2D eigenvalue weighted by Crippen LogP contribution is -2.24. The maximum Gasteiger partial charge on any atom is 0.263 e. The standard InChI is InChI=1S/C18H19F2N/c19-18(20)15-8-3-5-13(11-15)12-21-17-10-4-7-14-6-1-2-9-16(14)17/h1-3,5-6,8-9,11,17-18,21H,4,7,10,12H2. The largest absolute Gasteiger partial charge is 0.306 e. The third-order valence-electron chi connectivity index (χ3n) is 4.13. The predicted molar refractivity (Wildman–Crippen MR) is 80.4 cm³/mol. The van der Waals surface area contributed by atoms with Gasteiger partial charge in [0.1, 0.15) is 0 Å². The summed E-state index contributed by atoms with van der Waals surface area (Å²) in [5, 5.41) is 3.52. The number of halogens is 2. The Morgan fingerprint density at radius 2 is 1.95 bits per heavy atom. The van der Waals surface area contributed by atoms with Gasteiger partial charge in [-0.25, -0.2) is 8.78 Å². The van der Waals surface area contributed by atoms with Gasteiger partial charge < -0.3 is 5.32 Å². The van der Waals surface area contributed by atoms with Crippen LogP contribution in [0.2, 0.25) is 0 Å². The predicted octanol–water partition coefficient (Wildman–Crippen LogP) is 4.79. The van der Waals surface area contributed by atoms with E-state index in [1.54, 1.807) is 12.1 Å². The lowest BCUT2D eigenvalue weighted by atomic mass is 9.87. The second kappa shape index (κ2) is 6.35. The Balaban J connectivity index is 1.70. The van der Waals surface area contributed by atoms with Gasteiger partial charge in [0.05, 0.1) is 0 Å². The molecule has 3 rings (SSSR count). The van der Waals surface area contributed by atoms with Crippen LogP contribution in [0.25, 0.3) is 0 Å². The van der Waals surface area contributed by atoms with Gasteiger partial charge in [-0.3, -0.25) is 0 Å². The summed E-state index contributed by atoms with van der Waals surface area (Å²) in [7, 11) is 0. The van der Waals surface area contributed by atoms with Crippen molar-refractivity contribution in [3.8, 4) is 0 Å². The molecule has 1 unspecified atom stereocenters. The van der Waals surface area contributed by atoms with Crippen LogP contribution in [0.5, 0.6) is 0 Å². The molecule has 0 spiro atoms. The zero-order chi connectivity index (χ0) is 14.7. The lowest BCUT2D eigenvalue weighted by Gasteiger charge is -2.26. The number of hydrogen-bond acceptors (Lipinski definition) is 1. The van der Waals surface area contributed by atoms with Crippen molar-refractivity contribution in [3.63, 3.8) is 0 Å². The van der Waals surface area contributed by atoms with Crippen molar-refractivity contribution >= 4 is 0 Å². The van der Waals surface area contributed by atoms with Gasteiger partial charge in [0.25, 0.3) is 6.43 Å². The van der Waals surface area contributed by atoms with Gasteiger partial charge in [-0.2, -0.15) is 0 Å². The average Bonchev–Trinajstić information content (AvgIpc) is 2.53. The Morgan fingerprint density at radius 3 is 2.81 bits per heavy atom. The molecule has 0 fully saturated rings. The van der Waals surface area contributed by atoms with Crippen molar-refractivity contribution in [2.45, 2.75) is 38.3 Å². The molecule has 0 radical (unpaired) electrons. The molecule has 2 aromatic rings. The zero-order valence-corrected chi connectivity index (χ0v) is 11.9. The maximum atomic E-state index is 12.7. The molecule has 110 valence electrons. The van der Waals surface area contributed by atoms with Crippen LogP contribution in [0.15, 0.2) is 48.5 Å². The first kappa shape index (κ1) is 14.2. The van der Waals surface area contributed by atoms with E-state index in [4.69, 9.17) is 0 Å². The minimum Gasteiger partial charge on any atom is -0.306 e. The van der Waals surface area contributed by atoms with E-state index in [0.717, 1.165) is 18.4 Å². The number of alkyl halides is 2. The van der Waals surface area contributed by atoms with Crippen LogP contribution in [0.1, 0.15) is 47.6 Å². The molecule has 1 atom stereocenters. The van der Waals surface area contributed by atoms with Crippen molar-refractivity contribution < 1.29 is 8.78 Å². The first-order valence-electron chi connectivity index (χ1n) is 7.42. The van der Waals surface area contributed by atoms with Crippen molar-refractivity contribution in [1.82, 2.24) is 5.32 Å². The molecule has 0 aromatic heterocycles. The molecule has 1 aliphatic carbocycles. The summed E-state index contributed by atoms with van der Waals surface area (Å²) in [6, 6.07) is 15.5. The van der Waals surface area contributed by atoms with Gasteiger partial charge >= 0.3 is 0 Å². The normalized spacial score (nSPS) is 17.8.